The molecule has 0 spiro atoms. The van der Waals surface area contributed by atoms with Crippen LogP contribution in [0.5, 0.6) is 0 Å². The molecule has 1 aliphatic rings. The van der Waals surface area contributed by atoms with E-state index in [2.05, 4.69) is 46.7 Å². The van der Waals surface area contributed by atoms with Crippen LogP contribution in [0.1, 0.15) is 44.8 Å². The molecule has 0 saturated carbocycles. The van der Waals surface area contributed by atoms with Crippen LogP contribution in [-0.4, -0.2) is 35.0 Å². The summed E-state index contributed by atoms with van der Waals surface area (Å²) in [6.07, 6.45) is 5.88. The molecule has 1 aliphatic heterocycles. The van der Waals surface area contributed by atoms with Crippen molar-refractivity contribution in [2.45, 2.75) is 45.6 Å². The lowest BCUT2D eigenvalue weighted by Crippen LogP contribution is -2.20. The Morgan fingerprint density at radius 1 is 1.43 bits per heavy atom. The summed E-state index contributed by atoms with van der Waals surface area (Å²) in [6.45, 7) is 4.36. The Morgan fingerprint density at radius 2 is 2.14 bits per heavy atom. The maximum Gasteiger partial charge on any atom is 0.150 e. The highest BCUT2D eigenvalue weighted by Crippen LogP contribution is 2.29. The van der Waals surface area contributed by atoms with Crippen molar-refractivity contribution in [3.05, 3.63) is 18.0 Å². The topological polar surface area (TPSA) is 52.0 Å². The molecule has 0 aromatic carbocycles. The zero-order valence-corrected chi connectivity index (χ0v) is 15.2. The Kier molecular flexibility index (Phi) is 5.88. The molecule has 1 saturated heterocycles. The van der Waals surface area contributed by atoms with Gasteiger partial charge >= 0.3 is 0 Å². The van der Waals surface area contributed by atoms with Crippen LogP contribution in [0.15, 0.2) is 12.3 Å². The van der Waals surface area contributed by atoms with Crippen LogP contribution in [0, 0.1) is 11.8 Å². The average molecular weight is 377 g/mol. The fourth-order valence-corrected chi connectivity index (χ4v) is 5.84. The minimum Gasteiger partial charge on any atom is -0.269 e. The van der Waals surface area contributed by atoms with Crippen molar-refractivity contribution in [1.82, 2.24) is 9.78 Å². The van der Waals surface area contributed by atoms with Gasteiger partial charge in [-0.2, -0.15) is 5.10 Å². The van der Waals surface area contributed by atoms with Crippen molar-refractivity contribution < 1.29 is 8.42 Å². The molecule has 2 heterocycles. The Bertz CT molecular complexity index is 552. The van der Waals surface area contributed by atoms with E-state index in [4.69, 9.17) is 5.10 Å². The van der Waals surface area contributed by atoms with Gasteiger partial charge in [-0.05, 0) is 43.6 Å². The fourth-order valence-electron chi connectivity index (χ4n) is 3.16. The number of nitrogens with zero attached hydrogens (tertiary/aromatic N) is 2. The van der Waals surface area contributed by atoms with Crippen LogP contribution in [0.4, 0.5) is 0 Å². The quantitative estimate of drug-likeness (QED) is 0.686. The van der Waals surface area contributed by atoms with E-state index in [1.165, 1.54) is 0 Å². The predicted octanol–water partition coefficient (Wildman–Crippen LogP) is 3.23. The predicted molar refractivity (Wildman–Crippen MR) is 89.6 cm³/mol. The number of rotatable bonds is 7. The molecule has 1 aromatic rings. The molecule has 120 valence electrons. The van der Waals surface area contributed by atoms with Crippen LogP contribution in [0.2, 0.25) is 0 Å². The summed E-state index contributed by atoms with van der Waals surface area (Å²) in [7, 11) is -2.81. The molecule has 0 radical (unpaired) electrons. The van der Waals surface area contributed by atoms with E-state index in [0.29, 0.717) is 23.5 Å². The number of halogens is 1. The molecule has 0 bridgehead atoms. The van der Waals surface area contributed by atoms with E-state index in [-0.39, 0.29) is 5.92 Å². The molecule has 6 heteroatoms. The van der Waals surface area contributed by atoms with Crippen LogP contribution < -0.4 is 0 Å². The summed E-state index contributed by atoms with van der Waals surface area (Å²) >= 11 is 3.55. The Labute approximate surface area is 136 Å². The third-order valence-electron chi connectivity index (χ3n) is 4.58. The summed E-state index contributed by atoms with van der Waals surface area (Å²) in [5.41, 5.74) is 1.08. The van der Waals surface area contributed by atoms with Gasteiger partial charge in [-0.25, -0.2) is 8.42 Å². The van der Waals surface area contributed by atoms with Gasteiger partial charge in [0.05, 0.1) is 23.2 Å². The average Bonchev–Trinajstić information content (AvgIpc) is 3.04. The van der Waals surface area contributed by atoms with Gasteiger partial charge in [0.1, 0.15) is 0 Å². The number of alkyl halides is 1. The lowest BCUT2D eigenvalue weighted by Gasteiger charge is -2.19. The summed E-state index contributed by atoms with van der Waals surface area (Å²) < 4.78 is 25.4. The molecule has 2 unspecified atom stereocenters. The third kappa shape index (κ3) is 4.31. The minimum atomic E-state index is -2.81. The van der Waals surface area contributed by atoms with Gasteiger partial charge in [0.25, 0.3) is 0 Å². The van der Waals surface area contributed by atoms with Gasteiger partial charge in [0.15, 0.2) is 9.84 Å². The standard InChI is InChI=1S/C15H25BrN2O2S/c1-3-15(4-2)18-7-5-14(17-18)9-13(10-16)12-6-8-21(19,20)11-12/h5,7,12-13,15H,3-4,6,8-11H2,1-2H3. The SMILES string of the molecule is CCC(CC)n1ccc(CC(CBr)C2CCS(=O)(=O)C2)n1. The zero-order valence-electron chi connectivity index (χ0n) is 12.8. The normalized spacial score (nSPS) is 22.8. The molecular formula is C15H25BrN2O2S. The maximum atomic E-state index is 11.6. The van der Waals surface area contributed by atoms with Crippen molar-refractivity contribution in [3.63, 3.8) is 0 Å². The van der Waals surface area contributed by atoms with Crippen molar-refractivity contribution in [2.75, 3.05) is 16.8 Å². The summed E-state index contributed by atoms with van der Waals surface area (Å²) in [6, 6.07) is 2.55. The van der Waals surface area contributed by atoms with E-state index >= 15 is 0 Å². The number of sulfone groups is 1. The lowest BCUT2D eigenvalue weighted by atomic mass is 9.90. The molecular weight excluding hydrogens is 352 g/mol. The molecule has 21 heavy (non-hydrogen) atoms. The monoisotopic (exact) mass is 376 g/mol. The number of hydrogen-bond donors (Lipinski definition) is 0. The summed E-state index contributed by atoms with van der Waals surface area (Å²) in [5, 5.41) is 5.53. The Morgan fingerprint density at radius 3 is 2.67 bits per heavy atom. The van der Waals surface area contributed by atoms with Gasteiger partial charge in [0.2, 0.25) is 0 Å². The van der Waals surface area contributed by atoms with Crippen molar-refractivity contribution >= 4 is 25.8 Å². The van der Waals surface area contributed by atoms with E-state index in [0.717, 1.165) is 36.7 Å². The Balaban J connectivity index is 2.02. The van der Waals surface area contributed by atoms with E-state index in [1.807, 2.05) is 0 Å². The minimum absolute atomic E-state index is 0.271. The van der Waals surface area contributed by atoms with Crippen LogP contribution in [-0.2, 0) is 16.3 Å². The molecule has 2 rings (SSSR count). The third-order valence-corrected chi connectivity index (χ3v) is 7.21. The van der Waals surface area contributed by atoms with Gasteiger partial charge in [0, 0.05) is 11.5 Å². The first-order valence-electron chi connectivity index (χ1n) is 7.79. The fraction of sp³-hybridized carbons (Fsp3) is 0.800. The second-order valence-electron chi connectivity index (χ2n) is 6.04. The van der Waals surface area contributed by atoms with E-state index in [1.54, 1.807) is 0 Å². The van der Waals surface area contributed by atoms with Gasteiger partial charge < -0.3 is 0 Å². The van der Waals surface area contributed by atoms with E-state index in [9.17, 15) is 8.42 Å². The smallest absolute Gasteiger partial charge is 0.150 e. The van der Waals surface area contributed by atoms with Crippen molar-refractivity contribution in [3.8, 4) is 0 Å². The van der Waals surface area contributed by atoms with Gasteiger partial charge in [-0.15, -0.1) is 0 Å². The first kappa shape index (κ1) is 17.0. The van der Waals surface area contributed by atoms with Crippen LogP contribution >= 0.6 is 15.9 Å². The molecule has 0 amide bonds. The zero-order chi connectivity index (χ0) is 15.5. The molecule has 2 atom stereocenters. The highest BCUT2D eigenvalue weighted by Gasteiger charge is 2.33. The van der Waals surface area contributed by atoms with Crippen molar-refractivity contribution in [1.29, 1.82) is 0 Å². The number of hydrogen-bond acceptors (Lipinski definition) is 3. The highest BCUT2D eigenvalue weighted by molar-refractivity contribution is 9.09. The lowest BCUT2D eigenvalue weighted by molar-refractivity contribution is 0.389. The molecule has 1 aromatic heterocycles. The second kappa shape index (κ2) is 7.27. The largest absolute Gasteiger partial charge is 0.269 e. The first-order valence-corrected chi connectivity index (χ1v) is 10.7. The van der Waals surface area contributed by atoms with Gasteiger partial charge in [-0.3, -0.25) is 4.68 Å². The Hall–Kier alpha value is -0.360. The van der Waals surface area contributed by atoms with Crippen molar-refractivity contribution in [2.24, 2.45) is 11.8 Å². The van der Waals surface area contributed by atoms with E-state index < -0.39 is 9.84 Å². The highest BCUT2D eigenvalue weighted by atomic mass is 79.9. The molecule has 0 N–H and O–H groups in total. The second-order valence-corrected chi connectivity index (χ2v) is 8.92. The molecule has 0 aliphatic carbocycles. The van der Waals surface area contributed by atoms with Gasteiger partial charge in [-0.1, -0.05) is 29.8 Å². The molecule has 4 nitrogen and oxygen atoms in total. The molecule has 1 fully saturated rings. The number of aromatic nitrogens is 2. The first-order chi connectivity index (χ1) is 9.99. The maximum absolute atomic E-state index is 11.6. The summed E-state index contributed by atoms with van der Waals surface area (Å²) in [4.78, 5) is 0. The van der Waals surface area contributed by atoms with Crippen LogP contribution in [0.3, 0.4) is 0 Å². The van der Waals surface area contributed by atoms with Crippen LogP contribution in [0.25, 0.3) is 0 Å². The summed E-state index contributed by atoms with van der Waals surface area (Å²) in [5.74, 6) is 1.32.